The Hall–Kier alpha value is -2.25. The fourth-order valence-electron chi connectivity index (χ4n) is 2.58. The number of carbonyl (C=O) groups excluding carboxylic acids is 1. The summed E-state index contributed by atoms with van der Waals surface area (Å²) >= 11 is 1.40. The minimum absolute atomic E-state index is 0.106. The predicted octanol–water partition coefficient (Wildman–Crippen LogP) is 3.72. The number of nitrogens with zero attached hydrogens (tertiary/aromatic N) is 1. The highest BCUT2D eigenvalue weighted by atomic mass is 32.2. The summed E-state index contributed by atoms with van der Waals surface area (Å²) in [6.07, 6.45) is -0.106. The first-order chi connectivity index (χ1) is 11.8. The molecule has 0 unspecified atom stereocenters. The maximum Gasteiger partial charge on any atom is 0.227 e. The maximum atomic E-state index is 12.2. The standard InChI is InChI=1S/C18H18N2O3S2/c1-12-10-13(2)17-15(11-12)19-18(24-17)20-16(21)8-9-25(22,23)14-6-4-3-5-7-14/h3-7,10-11H,8-9H2,1-2H3,(H,19,20,21). The zero-order valence-electron chi connectivity index (χ0n) is 13.9. The maximum absolute atomic E-state index is 12.2. The molecule has 5 nitrogen and oxygen atoms in total. The van der Waals surface area contributed by atoms with Crippen molar-refractivity contribution in [1.82, 2.24) is 4.98 Å². The van der Waals surface area contributed by atoms with Crippen LogP contribution < -0.4 is 5.32 Å². The van der Waals surface area contributed by atoms with Crippen molar-refractivity contribution in [3.8, 4) is 0 Å². The van der Waals surface area contributed by atoms with Gasteiger partial charge in [0.1, 0.15) is 0 Å². The van der Waals surface area contributed by atoms with Gasteiger partial charge in [0.25, 0.3) is 0 Å². The van der Waals surface area contributed by atoms with Gasteiger partial charge in [0, 0.05) is 6.42 Å². The Morgan fingerprint density at radius 3 is 2.60 bits per heavy atom. The second kappa shape index (κ2) is 6.93. The molecule has 0 radical (unpaired) electrons. The smallest absolute Gasteiger partial charge is 0.227 e. The van der Waals surface area contributed by atoms with E-state index in [1.165, 1.54) is 23.5 Å². The zero-order chi connectivity index (χ0) is 18.0. The molecule has 3 aromatic rings. The molecule has 0 atom stereocenters. The molecule has 1 N–H and O–H groups in total. The summed E-state index contributed by atoms with van der Waals surface area (Å²) in [4.78, 5) is 16.8. The van der Waals surface area contributed by atoms with Crippen molar-refractivity contribution in [3.63, 3.8) is 0 Å². The molecule has 1 aromatic heterocycles. The summed E-state index contributed by atoms with van der Waals surface area (Å²) in [6.45, 7) is 4.00. The van der Waals surface area contributed by atoms with Gasteiger partial charge in [0.2, 0.25) is 5.91 Å². The number of benzene rings is 2. The first kappa shape index (κ1) is 17.6. The van der Waals surface area contributed by atoms with Crippen molar-refractivity contribution in [2.24, 2.45) is 0 Å². The monoisotopic (exact) mass is 374 g/mol. The fraction of sp³-hybridized carbons (Fsp3) is 0.222. The van der Waals surface area contributed by atoms with Crippen molar-refractivity contribution >= 4 is 42.4 Å². The van der Waals surface area contributed by atoms with Gasteiger partial charge >= 0.3 is 0 Å². The third-order valence-electron chi connectivity index (χ3n) is 3.77. The predicted molar refractivity (Wildman–Crippen MR) is 101 cm³/mol. The first-order valence-corrected chi connectivity index (χ1v) is 10.3. The van der Waals surface area contributed by atoms with Crippen LogP contribution in [-0.2, 0) is 14.6 Å². The highest BCUT2D eigenvalue weighted by Crippen LogP contribution is 2.29. The quantitative estimate of drug-likeness (QED) is 0.738. The van der Waals surface area contributed by atoms with Crippen LogP contribution in [0.5, 0.6) is 0 Å². The van der Waals surface area contributed by atoms with E-state index in [2.05, 4.69) is 16.4 Å². The number of aromatic nitrogens is 1. The fourth-order valence-corrected chi connectivity index (χ4v) is 4.78. The SMILES string of the molecule is Cc1cc(C)c2sc(NC(=O)CCS(=O)(=O)c3ccccc3)nc2c1. The van der Waals surface area contributed by atoms with Gasteiger partial charge in [-0.05, 0) is 43.2 Å². The second-order valence-electron chi connectivity index (χ2n) is 5.88. The second-order valence-corrected chi connectivity index (χ2v) is 8.99. The minimum Gasteiger partial charge on any atom is -0.302 e. The van der Waals surface area contributed by atoms with Crippen LogP contribution in [0.15, 0.2) is 47.4 Å². The van der Waals surface area contributed by atoms with E-state index >= 15 is 0 Å². The van der Waals surface area contributed by atoms with E-state index in [9.17, 15) is 13.2 Å². The van der Waals surface area contributed by atoms with Gasteiger partial charge in [0.05, 0.1) is 20.9 Å². The van der Waals surface area contributed by atoms with Crippen LogP contribution >= 0.6 is 11.3 Å². The number of amides is 1. The number of thiazole rings is 1. The highest BCUT2D eigenvalue weighted by Gasteiger charge is 2.17. The lowest BCUT2D eigenvalue weighted by Gasteiger charge is -2.04. The van der Waals surface area contributed by atoms with E-state index in [4.69, 9.17) is 0 Å². The van der Waals surface area contributed by atoms with Gasteiger partial charge in [-0.15, -0.1) is 0 Å². The molecule has 25 heavy (non-hydrogen) atoms. The Kier molecular flexibility index (Phi) is 4.87. The number of carbonyl (C=O) groups is 1. The van der Waals surface area contributed by atoms with E-state index in [1.807, 2.05) is 19.9 Å². The third-order valence-corrected chi connectivity index (χ3v) is 6.62. The minimum atomic E-state index is -3.46. The molecule has 1 amide bonds. The number of hydrogen-bond acceptors (Lipinski definition) is 5. The molecule has 0 aliphatic carbocycles. The molecule has 0 aliphatic heterocycles. The summed E-state index contributed by atoms with van der Waals surface area (Å²) in [7, 11) is -3.46. The summed E-state index contributed by atoms with van der Waals surface area (Å²) < 4.78 is 25.5. The molecular formula is C18H18N2O3S2. The number of rotatable bonds is 5. The van der Waals surface area contributed by atoms with Crippen LogP contribution in [0.2, 0.25) is 0 Å². The summed E-state index contributed by atoms with van der Waals surface area (Å²) in [5.41, 5.74) is 3.07. The molecule has 0 aliphatic rings. The van der Waals surface area contributed by atoms with Crippen molar-refractivity contribution in [1.29, 1.82) is 0 Å². The normalized spacial score (nSPS) is 11.6. The molecule has 3 rings (SSSR count). The number of aryl methyl sites for hydroxylation is 2. The Morgan fingerprint density at radius 2 is 1.88 bits per heavy atom. The molecule has 0 saturated heterocycles. The lowest BCUT2D eigenvalue weighted by Crippen LogP contribution is -2.17. The summed E-state index contributed by atoms with van der Waals surface area (Å²) in [5, 5.41) is 3.20. The van der Waals surface area contributed by atoms with E-state index in [1.54, 1.807) is 18.2 Å². The summed E-state index contributed by atoms with van der Waals surface area (Å²) in [5.74, 6) is -0.584. The molecule has 7 heteroatoms. The van der Waals surface area contributed by atoms with Crippen LogP contribution in [0, 0.1) is 13.8 Å². The van der Waals surface area contributed by atoms with Gasteiger partial charge in [-0.3, -0.25) is 4.79 Å². The van der Waals surface area contributed by atoms with E-state index < -0.39 is 9.84 Å². The van der Waals surface area contributed by atoms with Gasteiger partial charge < -0.3 is 5.32 Å². The summed E-state index contributed by atoms with van der Waals surface area (Å²) in [6, 6.07) is 12.2. The first-order valence-electron chi connectivity index (χ1n) is 7.80. The number of anilines is 1. The lowest BCUT2D eigenvalue weighted by atomic mass is 10.1. The number of sulfone groups is 1. The van der Waals surface area contributed by atoms with E-state index in [0.29, 0.717) is 5.13 Å². The number of hydrogen-bond donors (Lipinski definition) is 1. The third kappa shape index (κ3) is 4.05. The highest BCUT2D eigenvalue weighted by molar-refractivity contribution is 7.91. The van der Waals surface area contributed by atoms with Crippen molar-refractivity contribution in [3.05, 3.63) is 53.6 Å². The average molecular weight is 374 g/mol. The van der Waals surface area contributed by atoms with Crippen molar-refractivity contribution in [2.45, 2.75) is 25.2 Å². The molecule has 2 aromatic carbocycles. The lowest BCUT2D eigenvalue weighted by molar-refractivity contribution is -0.115. The number of nitrogens with one attached hydrogen (secondary N) is 1. The molecule has 0 spiro atoms. The van der Waals surface area contributed by atoms with Gasteiger partial charge in [-0.1, -0.05) is 35.6 Å². The molecule has 130 valence electrons. The molecule has 0 bridgehead atoms. The van der Waals surface area contributed by atoms with Crippen LogP contribution in [0.3, 0.4) is 0 Å². The van der Waals surface area contributed by atoms with Gasteiger partial charge in [-0.2, -0.15) is 0 Å². The Morgan fingerprint density at radius 1 is 1.16 bits per heavy atom. The van der Waals surface area contributed by atoms with Crippen LogP contribution in [0.4, 0.5) is 5.13 Å². The largest absolute Gasteiger partial charge is 0.302 e. The molecule has 1 heterocycles. The van der Waals surface area contributed by atoms with Crippen LogP contribution in [0.25, 0.3) is 10.2 Å². The van der Waals surface area contributed by atoms with E-state index in [0.717, 1.165) is 21.3 Å². The average Bonchev–Trinajstić information content (AvgIpc) is 2.96. The van der Waals surface area contributed by atoms with Gasteiger partial charge in [0.15, 0.2) is 15.0 Å². The van der Waals surface area contributed by atoms with Crippen LogP contribution in [0.1, 0.15) is 17.5 Å². The Balaban J connectivity index is 1.68. The van der Waals surface area contributed by atoms with Crippen molar-refractivity contribution < 1.29 is 13.2 Å². The molecule has 0 fully saturated rings. The van der Waals surface area contributed by atoms with Crippen molar-refractivity contribution in [2.75, 3.05) is 11.1 Å². The van der Waals surface area contributed by atoms with Crippen LogP contribution in [-0.4, -0.2) is 25.1 Å². The number of fused-ring (bicyclic) bond motifs is 1. The topological polar surface area (TPSA) is 76.1 Å². The zero-order valence-corrected chi connectivity index (χ0v) is 15.6. The molecular weight excluding hydrogens is 356 g/mol. The van der Waals surface area contributed by atoms with Gasteiger partial charge in [-0.25, -0.2) is 13.4 Å². The molecule has 0 saturated carbocycles. The Bertz CT molecular complexity index is 1030. The van der Waals surface area contributed by atoms with E-state index in [-0.39, 0.29) is 23.0 Å². The Labute approximate surface area is 150 Å².